The highest BCUT2D eigenvalue weighted by Crippen LogP contribution is 2.43. The van der Waals surface area contributed by atoms with Crippen LogP contribution in [-0.4, -0.2) is 36.8 Å². The number of nitrogens with zero attached hydrogens (tertiary/aromatic N) is 2. The summed E-state index contributed by atoms with van der Waals surface area (Å²) in [7, 11) is 3.86. The van der Waals surface area contributed by atoms with Gasteiger partial charge in [0, 0.05) is 43.6 Å². The Bertz CT molecular complexity index is 1370. The van der Waals surface area contributed by atoms with Crippen LogP contribution in [0.5, 0.6) is 0 Å². The molecule has 4 rings (SSSR count). The monoisotopic (exact) mass is 483 g/mol. The Labute approximate surface area is 210 Å². The Morgan fingerprint density at radius 3 is 2.17 bits per heavy atom. The van der Waals surface area contributed by atoms with Crippen LogP contribution in [0.15, 0.2) is 72.3 Å². The number of aryl methyl sites for hydroxylation is 2. The van der Waals surface area contributed by atoms with Crippen molar-refractivity contribution in [3.05, 3.63) is 94.6 Å². The van der Waals surface area contributed by atoms with E-state index in [-0.39, 0.29) is 17.2 Å². The van der Waals surface area contributed by atoms with E-state index in [1.54, 1.807) is 24.3 Å². The van der Waals surface area contributed by atoms with Gasteiger partial charge in [0.2, 0.25) is 5.91 Å². The van der Waals surface area contributed by atoms with Gasteiger partial charge < -0.3 is 15.3 Å². The van der Waals surface area contributed by atoms with Gasteiger partial charge in [0.25, 0.3) is 11.7 Å². The zero-order chi connectivity index (χ0) is 26.1. The van der Waals surface area contributed by atoms with Crippen molar-refractivity contribution in [3.8, 4) is 0 Å². The molecule has 1 unspecified atom stereocenters. The minimum Gasteiger partial charge on any atom is -0.507 e. The highest BCUT2D eigenvalue weighted by atomic mass is 16.3. The molecule has 7 nitrogen and oxygen atoms in total. The topological polar surface area (TPSA) is 90.0 Å². The Morgan fingerprint density at radius 1 is 0.944 bits per heavy atom. The number of Topliss-reactive ketones (excluding diaryl/α,β-unsaturated/α-hetero) is 1. The summed E-state index contributed by atoms with van der Waals surface area (Å²) in [6, 6.07) is 19.0. The van der Waals surface area contributed by atoms with Crippen LogP contribution in [0.25, 0.3) is 5.76 Å². The van der Waals surface area contributed by atoms with Gasteiger partial charge in [-0.2, -0.15) is 0 Å². The molecule has 36 heavy (non-hydrogen) atoms. The van der Waals surface area contributed by atoms with Crippen LogP contribution < -0.4 is 15.1 Å². The second-order valence-corrected chi connectivity index (χ2v) is 9.20. The van der Waals surface area contributed by atoms with Gasteiger partial charge >= 0.3 is 0 Å². The lowest BCUT2D eigenvalue weighted by Gasteiger charge is -2.26. The molecule has 3 aromatic carbocycles. The lowest BCUT2D eigenvalue weighted by atomic mass is 9.93. The van der Waals surface area contributed by atoms with E-state index in [0.29, 0.717) is 22.5 Å². The first kappa shape index (κ1) is 24.7. The number of hydrogen-bond acceptors (Lipinski definition) is 5. The van der Waals surface area contributed by atoms with E-state index < -0.39 is 17.7 Å². The molecule has 1 heterocycles. The summed E-state index contributed by atoms with van der Waals surface area (Å²) in [4.78, 5) is 41.5. The fourth-order valence-corrected chi connectivity index (χ4v) is 4.41. The van der Waals surface area contributed by atoms with Gasteiger partial charge in [0.05, 0.1) is 11.6 Å². The van der Waals surface area contributed by atoms with Crippen molar-refractivity contribution in [2.45, 2.75) is 26.8 Å². The van der Waals surface area contributed by atoms with E-state index in [9.17, 15) is 19.5 Å². The predicted octanol–water partition coefficient (Wildman–Crippen LogP) is 4.95. The van der Waals surface area contributed by atoms with Crippen LogP contribution in [0, 0.1) is 13.8 Å². The van der Waals surface area contributed by atoms with Gasteiger partial charge in [-0.25, -0.2) is 0 Å². The number of hydrogen-bond donors (Lipinski definition) is 2. The molecule has 0 aliphatic carbocycles. The molecular weight excluding hydrogens is 454 g/mol. The average molecular weight is 484 g/mol. The molecule has 0 bridgehead atoms. The third-order valence-corrected chi connectivity index (χ3v) is 6.28. The number of anilines is 3. The SMILES string of the molecule is CC(=O)Nc1ccc(N2C(=O)C(=O)/C(=C(/O)c3cc(C)ccc3C)C2c2ccc(N(C)C)cc2)cc1. The van der Waals surface area contributed by atoms with Crippen molar-refractivity contribution in [1.82, 2.24) is 0 Å². The molecule has 3 aromatic rings. The Hall–Kier alpha value is -4.39. The second-order valence-electron chi connectivity index (χ2n) is 9.20. The second kappa shape index (κ2) is 9.70. The quantitative estimate of drug-likeness (QED) is 0.304. The van der Waals surface area contributed by atoms with E-state index in [2.05, 4.69) is 5.32 Å². The van der Waals surface area contributed by atoms with Crippen molar-refractivity contribution in [3.63, 3.8) is 0 Å². The zero-order valence-electron chi connectivity index (χ0n) is 21.0. The maximum absolute atomic E-state index is 13.4. The zero-order valence-corrected chi connectivity index (χ0v) is 21.0. The van der Waals surface area contributed by atoms with Crippen LogP contribution in [-0.2, 0) is 14.4 Å². The summed E-state index contributed by atoms with van der Waals surface area (Å²) >= 11 is 0. The predicted molar refractivity (Wildman–Crippen MR) is 142 cm³/mol. The Morgan fingerprint density at radius 2 is 1.58 bits per heavy atom. The van der Waals surface area contributed by atoms with E-state index in [0.717, 1.165) is 16.8 Å². The van der Waals surface area contributed by atoms with E-state index in [1.807, 2.05) is 75.3 Å². The van der Waals surface area contributed by atoms with Crippen molar-refractivity contribution in [2.24, 2.45) is 0 Å². The lowest BCUT2D eigenvalue weighted by molar-refractivity contribution is -0.132. The summed E-state index contributed by atoms with van der Waals surface area (Å²) in [5.74, 6) is -1.89. The molecule has 184 valence electrons. The number of aliphatic hydroxyl groups is 1. The third kappa shape index (κ3) is 4.60. The smallest absolute Gasteiger partial charge is 0.300 e. The first-order valence-electron chi connectivity index (χ1n) is 11.6. The number of benzene rings is 3. The van der Waals surface area contributed by atoms with Crippen molar-refractivity contribution >= 4 is 40.4 Å². The maximum Gasteiger partial charge on any atom is 0.300 e. The van der Waals surface area contributed by atoms with Gasteiger partial charge in [-0.1, -0.05) is 29.8 Å². The molecule has 0 aromatic heterocycles. The van der Waals surface area contributed by atoms with E-state index in [1.165, 1.54) is 11.8 Å². The highest BCUT2D eigenvalue weighted by Gasteiger charge is 2.47. The standard InChI is InChI=1S/C29H29N3O4/c1-17-6-7-18(2)24(16-17)27(34)25-26(20-8-12-22(13-9-20)31(4)5)32(29(36)28(25)35)23-14-10-21(11-15-23)30-19(3)33/h6-16,26,34H,1-5H3,(H,30,33)/b27-25+. The van der Waals surface area contributed by atoms with Crippen LogP contribution >= 0.6 is 0 Å². The molecule has 2 N–H and O–H groups in total. The molecule has 1 fully saturated rings. The number of carbonyl (C=O) groups excluding carboxylic acids is 3. The first-order chi connectivity index (χ1) is 17.1. The minimum atomic E-state index is -0.826. The molecule has 0 radical (unpaired) electrons. The van der Waals surface area contributed by atoms with Gasteiger partial charge in [-0.05, 0) is 67.4 Å². The highest BCUT2D eigenvalue weighted by molar-refractivity contribution is 6.51. The molecular formula is C29H29N3O4. The van der Waals surface area contributed by atoms with Crippen molar-refractivity contribution in [2.75, 3.05) is 29.2 Å². The van der Waals surface area contributed by atoms with Crippen LogP contribution in [0.1, 0.15) is 35.2 Å². The van der Waals surface area contributed by atoms with Crippen molar-refractivity contribution in [1.29, 1.82) is 0 Å². The first-order valence-corrected chi connectivity index (χ1v) is 11.6. The summed E-state index contributed by atoms with van der Waals surface area (Å²) in [5.41, 5.74) is 4.99. The van der Waals surface area contributed by atoms with Crippen LogP contribution in [0.4, 0.5) is 17.1 Å². The fourth-order valence-electron chi connectivity index (χ4n) is 4.41. The summed E-state index contributed by atoms with van der Waals surface area (Å²) < 4.78 is 0. The summed E-state index contributed by atoms with van der Waals surface area (Å²) in [5, 5.41) is 14.1. The molecule has 0 spiro atoms. The summed E-state index contributed by atoms with van der Waals surface area (Å²) in [6.45, 7) is 5.17. The maximum atomic E-state index is 13.4. The van der Waals surface area contributed by atoms with Crippen molar-refractivity contribution < 1.29 is 19.5 Å². The van der Waals surface area contributed by atoms with E-state index >= 15 is 0 Å². The molecule has 7 heteroatoms. The number of ketones is 1. The molecule has 1 atom stereocenters. The number of amides is 2. The number of rotatable bonds is 5. The Kier molecular flexibility index (Phi) is 6.66. The molecule has 1 saturated heterocycles. The summed E-state index contributed by atoms with van der Waals surface area (Å²) in [6.07, 6.45) is 0. The number of carbonyl (C=O) groups is 3. The normalized spacial score (nSPS) is 16.8. The lowest BCUT2D eigenvalue weighted by Crippen LogP contribution is -2.29. The number of aliphatic hydroxyl groups excluding tert-OH is 1. The Balaban J connectivity index is 1.90. The minimum absolute atomic E-state index is 0.0391. The van der Waals surface area contributed by atoms with Gasteiger partial charge in [0.15, 0.2) is 0 Å². The number of nitrogens with one attached hydrogen (secondary N) is 1. The largest absolute Gasteiger partial charge is 0.507 e. The van der Waals surface area contributed by atoms with Gasteiger partial charge in [-0.3, -0.25) is 19.3 Å². The van der Waals surface area contributed by atoms with Gasteiger partial charge in [-0.15, -0.1) is 0 Å². The fraction of sp³-hybridized carbons (Fsp3) is 0.207. The molecule has 0 saturated carbocycles. The van der Waals surface area contributed by atoms with Crippen LogP contribution in [0.3, 0.4) is 0 Å². The van der Waals surface area contributed by atoms with Crippen LogP contribution in [0.2, 0.25) is 0 Å². The molecule has 1 aliphatic rings. The van der Waals surface area contributed by atoms with E-state index in [4.69, 9.17) is 0 Å². The molecule has 2 amide bonds. The van der Waals surface area contributed by atoms with Gasteiger partial charge in [0.1, 0.15) is 5.76 Å². The average Bonchev–Trinajstić information content (AvgIpc) is 3.11. The third-order valence-electron chi connectivity index (χ3n) is 6.28. The molecule has 1 aliphatic heterocycles.